The Bertz CT molecular complexity index is 514. The van der Waals surface area contributed by atoms with Crippen LogP contribution in [0, 0.1) is 11.8 Å². The number of methoxy groups -OCH3 is 1. The molecule has 0 N–H and O–H groups in total. The number of amides is 1. The minimum absolute atomic E-state index is 0.327. The molecule has 2 saturated heterocycles. The second-order valence-electron chi connectivity index (χ2n) is 6.73. The summed E-state index contributed by atoms with van der Waals surface area (Å²) in [5.74, 6) is 2.46. The highest BCUT2D eigenvalue weighted by Gasteiger charge is 2.33. The lowest BCUT2D eigenvalue weighted by Crippen LogP contribution is -2.38. The fraction of sp³-hybridized carbons (Fsp3) is 0.611. The molecule has 0 aliphatic carbocycles. The number of hydrogen-bond donors (Lipinski definition) is 0. The molecule has 3 rings (SSSR count). The van der Waals surface area contributed by atoms with E-state index in [1.165, 1.54) is 12.0 Å². The summed E-state index contributed by atoms with van der Waals surface area (Å²) in [4.78, 5) is 17.0. The number of ether oxygens (including phenoxy) is 1. The zero-order chi connectivity index (χ0) is 15.5. The summed E-state index contributed by atoms with van der Waals surface area (Å²) >= 11 is 0. The molecule has 1 amide bonds. The number of likely N-dealkylation sites (tertiary alicyclic amines) is 2. The van der Waals surface area contributed by atoms with E-state index in [4.69, 9.17) is 4.74 Å². The van der Waals surface area contributed by atoms with Crippen LogP contribution in [0.4, 0.5) is 0 Å². The van der Waals surface area contributed by atoms with Gasteiger partial charge in [0.25, 0.3) is 0 Å². The molecule has 0 unspecified atom stereocenters. The van der Waals surface area contributed by atoms with Crippen molar-refractivity contribution in [3.63, 3.8) is 0 Å². The Kier molecular flexibility index (Phi) is 4.67. The van der Waals surface area contributed by atoms with E-state index in [1.54, 1.807) is 7.11 Å². The number of rotatable bonds is 3. The third kappa shape index (κ3) is 3.43. The van der Waals surface area contributed by atoms with Crippen LogP contribution < -0.4 is 4.74 Å². The number of piperidine rings is 1. The number of hydrogen-bond acceptors (Lipinski definition) is 3. The normalized spacial score (nSPS) is 26.5. The SMILES string of the molecule is COc1ccc(CN2CC[C@H]3CN(C)CC[C@@H]3CC2=O)cc1. The average molecular weight is 302 g/mol. The molecule has 2 heterocycles. The molecular formula is C18H26N2O2. The fourth-order valence-corrected chi connectivity index (χ4v) is 3.78. The van der Waals surface area contributed by atoms with E-state index < -0.39 is 0 Å². The first-order valence-electron chi connectivity index (χ1n) is 8.25. The highest BCUT2D eigenvalue weighted by molar-refractivity contribution is 5.76. The molecular weight excluding hydrogens is 276 g/mol. The van der Waals surface area contributed by atoms with Gasteiger partial charge in [0.15, 0.2) is 0 Å². The first-order chi connectivity index (χ1) is 10.7. The van der Waals surface area contributed by atoms with E-state index in [0.29, 0.717) is 17.7 Å². The van der Waals surface area contributed by atoms with Gasteiger partial charge in [0.1, 0.15) is 5.75 Å². The van der Waals surface area contributed by atoms with E-state index in [1.807, 2.05) is 17.0 Å². The van der Waals surface area contributed by atoms with Gasteiger partial charge in [-0.25, -0.2) is 0 Å². The quantitative estimate of drug-likeness (QED) is 0.859. The molecule has 0 radical (unpaired) electrons. The molecule has 120 valence electrons. The maximum atomic E-state index is 12.6. The first-order valence-corrected chi connectivity index (χ1v) is 8.25. The van der Waals surface area contributed by atoms with Crippen LogP contribution in [0.25, 0.3) is 0 Å². The van der Waals surface area contributed by atoms with Crippen LogP contribution in [-0.4, -0.2) is 49.5 Å². The van der Waals surface area contributed by atoms with E-state index in [2.05, 4.69) is 24.1 Å². The summed E-state index contributed by atoms with van der Waals surface area (Å²) in [7, 11) is 3.87. The van der Waals surface area contributed by atoms with Crippen LogP contribution in [-0.2, 0) is 11.3 Å². The lowest BCUT2D eigenvalue weighted by molar-refractivity contribution is -0.132. The van der Waals surface area contributed by atoms with Crippen molar-refractivity contribution < 1.29 is 9.53 Å². The topological polar surface area (TPSA) is 32.8 Å². The van der Waals surface area contributed by atoms with Gasteiger partial charge in [-0.2, -0.15) is 0 Å². The number of nitrogens with zero attached hydrogens (tertiary/aromatic N) is 2. The predicted molar refractivity (Wildman–Crippen MR) is 86.7 cm³/mol. The maximum absolute atomic E-state index is 12.6. The highest BCUT2D eigenvalue weighted by Crippen LogP contribution is 2.32. The van der Waals surface area contributed by atoms with Crippen LogP contribution >= 0.6 is 0 Å². The Labute approximate surface area is 133 Å². The van der Waals surface area contributed by atoms with Crippen molar-refractivity contribution in [2.75, 3.05) is 33.8 Å². The van der Waals surface area contributed by atoms with Gasteiger partial charge in [-0.05, 0) is 56.0 Å². The van der Waals surface area contributed by atoms with Crippen molar-refractivity contribution in [1.29, 1.82) is 0 Å². The van der Waals surface area contributed by atoms with Crippen LogP contribution in [0.3, 0.4) is 0 Å². The summed E-state index contributed by atoms with van der Waals surface area (Å²) in [5.41, 5.74) is 1.18. The highest BCUT2D eigenvalue weighted by atomic mass is 16.5. The molecule has 2 aliphatic heterocycles. The molecule has 4 heteroatoms. The average Bonchev–Trinajstić information content (AvgIpc) is 2.68. The third-order valence-corrected chi connectivity index (χ3v) is 5.19. The van der Waals surface area contributed by atoms with Crippen LogP contribution in [0.2, 0.25) is 0 Å². The molecule has 2 fully saturated rings. The molecule has 1 aromatic rings. The van der Waals surface area contributed by atoms with Crippen LogP contribution in [0.15, 0.2) is 24.3 Å². The Morgan fingerprint density at radius 1 is 1.14 bits per heavy atom. The minimum Gasteiger partial charge on any atom is -0.497 e. The smallest absolute Gasteiger partial charge is 0.223 e. The molecule has 0 aromatic heterocycles. The zero-order valence-electron chi connectivity index (χ0n) is 13.6. The summed E-state index contributed by atoms with van der Waals surface area (Å²) in [5, 5.41) is 0. The Hall–Kier alpha value is -1.55. The lowest BCUT2D eigenvalue weighted by Gasteiger charge is -2.35. The summed E-state index contributed by atoms with van der Waals surface area (Å²) in [6.45, 7) is 3.89. The van der Waals surface area contributed by atoms with E-state index in [-0.39, 0.29) is 0 Å². The number of carbonyl (C=O) groups excluding carboxylic acids is 1. The molecule has 22 heavy (non-hydrogen) atoms. The van der Waals surface area contributed by atoms with Crippen LogP contribution in [0.1, 0.15) is 24.8 Å². The van der Waals surface area contributed by atoms with E-state index >= 15 is 0 Å². The Morgan fingerprint density at radius 2 is 1.86 bits per heavy atom. The van der Waals surface area contributed by atoms with Gasteiger partial charge in [-0.1, -0.05) is 12.1 Å². The van der Waals surface area contributed by atoms with Crippen molar-refractivity contribution in [3.05, 3.63) is 29.8 Å². The van der Waals surface area contributed by atoms with Crippen LogP contribution in [0.5, 0.6) is 5.75 Å². The molecule has 4 nitrogen and oxygen atoms in total. The summed E-state index contributed by atoms with van der Waals surface area (Å²) in [6.07, 6.45) is 3.04. The Balaban J connectivity index is 1.65. The van der Waals surface area contributed by atoms with Gasteiger partial charge in [-0.3, -0.25) is 4.79 Å². The largest absolute Gasteiger partial charge is 0.497 e. The monoisotopic (exact) mass is 302 g/mol. The molecule has 2 aliphatic rings. The van der Waals surface area contributed by atoms with Gasteiger partial charge < -0.3 is 14.5 Å². The molecule has 0 spiro atoms. The molecule has 0 bridgehead atoms. The number of fused-ring (bicyclic) bond motifs is 1. The molecule has 1 aromatic carbocycles. The van der Waals surface area contributed by atoms with Gasteiger partial charge in [0, 0.05) is 26.1 Å². The van der Waals surface area contributed by atoms with Crippen molar-refractivity contribution in [3.8, 4) is 5.75 Å². The summed E-state index contributed by atoms with van der Waals surface area (Å²) in [6, 6.07) is 8.04. The Morgan fingerprint density at radius 3 is 2.59 bits per heavy atom. The first kappa shape index (κ1) is 15.3. The van der Waals surface area contributed by atoms with Gasteiger partial charge in [0.05, 0.1) is 7.11 Å². The maximum Gasteiger partial charge on any atom is 0.223 e. The van der Waals surface area contributed by atoms with Crippen molar-refractivity contribution in [2.45, 2.75) is 25.8 Å². The van der Waals surface area contributed by atoms with Gasteiger partial charge in [-0.15, -0.1) is 0 Å². The second-order valence-corrected chi connectivity index (χ2v) is 6.73. The van der Waals surface area contributed by atoms with Crippen molar-refractivity contribution in [2.24, 2.45) is 11.8 Å². The molecule has 0 saturated carbocycles. The lowest BCUT2D eigenvalue weighted by atomic mass is 9.82. The number of carbonyl (C=O) groups is 1. The standard InChI is InChI=1S/C18H26N2O2/c1-19-9-7-15-11-18(21)20(10-8-16(15)13-19)12-14-3-5-17(22-2)6-4-14/h3-6,15-16H,7-13H2,1-2H3/t15-,16+/m1/s1. The van der Waals surface area contributed by atoms with E-state index in [9.17, 15) is 4.79 Å². The zero-order valence-corrected chi connectivity index (χ0v) is 13.6. The van der Waals surface area contributed by atoms with Gasteiger partial charge in [0.2, 0.25) is 5.91 Å². The van der Waals surface area contributed by atoms with Crippen molar-refractivity contribution in [1.82, 2.24) is 9.80 Å². The summed E-state index contributed by atoms with van der Waals surface area (Å²) < 4.78 is 5.19. The minimum atomic E-state index is 0.327. The van der Waals surface area contributed by atoms with Gasteiger partial charge >= 0.3 is 0 Å². The van der Waals surface area contributed by atoms with E-state index in [0.717, 1.165) is 44.8 Å². The number of benzene rings is 1. The second kappa shape index (κ2) is 6.69. The third-order valence-electron chi connectivity index (χ3n) is 5.19. The molecule has 2 atom stereocenters. The van der Waals surface area contributed by atoms with Crippen molar-refractivity contribution >= 4 is 5.91 Å². The fourth-order valence-electron chi connectivity index (χ4n) is 3.78. The predicted octanol–water partition coefficient (Wildman–Crippen LogP) is 2.39.